The molecule has 0 radical (unpaired) electrons. The van der Waals surface area contributed by atoms with Crippen molar-refractivity contribution >= 4 is 11.8 Å². The van der Waals surface area contributed by atoms with Crippen LogP contribution in [-0.2, 0) is 23.6 Å². The van der Waals surface area contributed by atoms with E-state index in [1.54, 1.807) is 19.3 Å². The van der Waals surface area contributed by atoms with Crippen LogP contribution in [0.3, 0.4) is 0 Å². The number of hydrogen-bond acceptors (Lipinski definition) is 4. The van der Waals surface area contributed by atoms with Crippen LogP contribution >= 0.6 is 11.8 Å². The van der Waals surface area contributed by atoms with Gasteiger partial charge in [0.2, 0.25) is 0 Å². The van der Waals surface area contributed by atoms with Gasteiger partial charge in [-0.25, -0.2) is 4.39 Å². The van der Waals surface area contributed by atoms with E-state index in [1.165, 1.54) is 23.9 Å². The summed E-state index contributed by atoms with van der Waals surface area (Å²) in [5.41, 5.74) is 0.913. The van der Waals surface area contributed by atoms with Gasteiger partial charge in [-0.2, -0.15) is 0 Å². The molecule has 0 saturated carbocycles. The standard InChI is InChI=1S/C14H16FN3OS/c1-3-7-18-13(9-19-2)16-17-14(18)20-10-11-5-4-6-12(15)8-11/h3-6,8H,1,7,9-10H2,2H3. The normalized spacial score (nSPS) is 10.7. The Bertz CT molecular complexity index is 586. The van der Waals surface area contributed by atoms with Crippen LogP contribution in [0.25, 0.3) is 0 Å². The maximum absolute atomic E-state index is 13.1. The highest BCUT2D eigenvalue weighted by molar-refractivity contribution is 7.98. The summed E-state index contributed by atoms with van der Waals surface area (Å²) < 4.78 is 20.2. The molecule has 2 rings (SSSR count). The van der Waals surface area contributed by atoms with Crippen molar-refractivity contribution in [3.05, 3.63) is 54.1 Å². The second kappa shape index (κ2) is 7.21. The molecule has 0 N–H and O–H groups in total. The van der Waals surface area contributed by atoms with E-state index in [2.05, 4.69) is 16.8 Å². The minimum atomic E-state index is -0.226. The quantitative estimate of drug-likeness (QED) is 0.581. The molecule has 0 aliphatic heterocycles. The van der Waals surface area contributed by atoms with E-state index in [0.717, 1.165) is 16.5 Å². The number of nitrogens with zero attached hydrogens (tertiary/aromatic N) is 3. The first-order valence-electron chi connectivity index (χ1n) is 6.13. The van der Waals surface area contributed by atoms with E-state index in [4.69, 9.17) is 4.74 Å². The molecule has 1 aromatic heterocycles. The van der Waals surface area contributed by atoms with E-state index >= 15 is 0 Å². The van der Waals surface area contributed by atoms with Crippen LogP contribution in [0.4, 0.5) is 4.39 Å². The maximum atomic E-state index is 13.1. The van der Waals surface area contributed by atoms with Gasteiger partial charge in [-0.3, -0.25) is 0 Å². The summed E-state index contributed by atoms with van der Waals surface area (Å²) in [6, 6.07) is 6.55. The van der Waals surface area contributed by atoms with Crippen molar-refractivity contribution in [2.45, 2.75) is 24.1 Å². The number of aromatic nitrogens is 3. The van der Waals surface area contributed by atoms with Crippen LogP contribution in [0.1, 0.15) is 11.4 Å². The van der Waals surface area contributed by atoms with Crippen molar-refractivity contribution in [2.24, 2.45) is 0 Å². The molecule has 20 heavy (non-hydrogen) atoms. The molecule has 2 aromatic rings. The molecule has 1 aromatic carbocycles. The molecule has 1 heterocycles. The molecule has 0 aliphatic rings. The molecular formula is C14H16FN3OS. The smallest absolute Gasteiger partial charge is 0.191 e. The first-order chi connectivity index (χ1) is 9.74. The van der Waals surface area contributed by atoms with Gasteiger partial charge < -0.3 is 9.30 Å². The Morgan fingerprint density at radius 2 is 2.30 bits per heavy atom. The average Bonchev–Trinajstić information content (AvgIpc) is 2.80. The lowest BCUT2D eigenvalue weighted by Crippen LogP contribution is -2.04. The number of rotatable bonds is 7. The molecule has 0 fully saturated rings. The summed E-state index contributed by atoms with van der Waals surface area (Å²) in [6.45, 7) is 4.76. The van der Waals surface area contributed by atoms with Crippen LogP contribution in [-0.4, -0.2) is 21.9 Å². The summed E-state index contributed by atoms with van der Waals surface area (Å²) in [6.07, 6.45) is 1.79. The number of thioether (sulfide) groups is 1. The van der Waals surface area contributed by atoms with Crippen LogP contribution < -0.4 is 0 Å². The third-order valence-corrected chi connectivity index (χ3v) is 3.67. The zero-order valence-corrected chi connectivity index (χ0v) is 12.1. The molecule has 0 unspecified atom stereocenters. The summed E-state index contributed by atoms with van der Waals surface area (Å²) in [4.78, 5) is 0. The van der Waals surface area contributed by atoms with E-state index in [0.29, 0.717) is 18.9 Å². The van der Waals surface area contributed by atoms with Gasteiger partial charge in [-0.1, -0.05) is 30.0 Å². The first-order valence-corrected chi connectivity index (χ1v) is 7.12. The Morgan fingerprint density at radius 3 is 3.00 bits per heavy atom. The lowest BCUT2D eigenvalue weighted by Gasteiger charge is -2.07. The highest BCUT2D eigenvalue weighted by Crippen LogP contribution is 2.22. The number of ether oxygens (including phenoxy) is 1. The fourth-order valence-corrected chi connectivity index (χ4v) is 2.66. The van der Waals surface area contributed by atoms with E-state index in [-0.39, 0.29) is 5.82 Å². The lowest BCUT2D eigenvalue weighted by atomic mass is 10.2. The fraction of sp³-hybridized carbons (Fsp3) is 0.286. The summed E-state index contributed by atoms with van der Waals surface area (Å²) >= 11 is 1.51. The van der Waals surface area contributed by atoms with Crippen LogP contribution in [0, 0.1) is 5.82 Å². The molecule has 0 saturated heterocycles. The van der Waals surface area contributed by atoms with Crippen molar-refractivity contribution in [3.8, 4) is 0 Å². The Hall–Kier alpha value is -1.66. The Morgan fingerprint density at radius 1 is 1.45 bits per heavy atom. The second-order valence-corrected chi connectivity index (χ2v) is 5.09. The summed E-state index contributed by atoms with van der Waals surface area (Å²) in [5.74, 6) is 1.17. The molecule has 0 bridgehead atoms. The molecule has 4 nitrogen and oxygen atoms in total. The van der Waals surface area contributed by atoms with Crippen LogP contribution in [0.2, 0.25) is 0 Å². The minimum Gasteiger partial charge on any atom is -0.377 e. The van der Waals surface area contributed by atoms with Crippen molar-refractivity contribution in [3.63, 3.8) is 0 Å². The van der Waals surface area contributed by atoms with Crippen LogP contribution in [0.15, 0.2) is 42.1 Å². The van der Waals surface area contributed by atoms with E-state index < -0.39 is 0 Å². The monoisotopic (exact) mass is 293 g/mol. The van der Waals surface area contributed by atoms with Crippen molar-refractivity contribution in [1.29, 1.82) is 0 Å². The lowest BCUT2D eigenvalue weighted by molar-refractivity contribution is 0.174. The van der Waals surface area contributed by atoms with Gasteiger partial charge in [-0.05, 0) is 17.7 Å². The maximum Gasteiger partial charge on any atom is 0.191 e. The molecule has 0 amide bonds. The topological polar surface area (TPSA) is 39.9 Å². The van der Waals surface area contributed by atoms with Gasteiger partial charge in [0.25, 0.3) is 0 Å². The summed E-state index contributed by atoms with van der Waals surface area (Å²) in [5, 5.41) is 9.02. The van der Waals surface area contributed by atoms with E-state index in [9.17, 15) is 4.39 Å². The molecule has 106 valence electrons. The second-order valence-electron chi connectivity index (χ2n) is 4.15. The summed E-state index contributed by atoms with van der Waals surface area (Å²) in [7, 11) is 1.62. The average molecular weight is 293 g/mol. The zero-order chi connectivity index (χ0) is 14.4. The minimum absolute atomic E-state index is 0.226. The molecular weight excluding hydrogens is 277 g/mol. The van der Waals surface area contributed by atoms with Crippen molar-refractivity contribution in [2.75, 3.05) is 7.11 Å². The third kappa shape index (κ3) is 3.68. The number of methoxy groups -OCH3 is 1. The first kappa shape index (κ1) is 14.7. The predicted octanol–water partition coefficient (Wildman–Crippen LogP) is 3.04. The van der Waals surface area contributed by atoms with Gasteiger partial charge >= 0.3 is 0 Å². The third-order valence-electron chi connectivity index (χ3n) is 2.64. The van der Waals surface area contributed by atoms with E-state index in [1.807, 2.05) is 10.6 Å². The number of allylic oxidation sites excluding steroid dienone is 1. The van der Waals surface area contributed by atoms with Gasteiger partial charge in [-0.15, -0.1) is 16.8 Å². The predicted molar refractivity (Wildman–Crippen MR) is 76.9 cm³/mol. The number of hydrogen-bond donors (Lipinski definition) is 0. The Labute approximate surface area is 121 Å². The van der Waals surface area contributed by atoms with Gasteiger partial charge in [0.15, 0.2) is 11.0 Å². The van der Waals surface area contributed by atoms with Gasteiger partial charge in [0.05, 0.1) is 0 Å². The largest absolute Gasteiger partial charge is 0.377 e. The highest BCUT2D eigenvalue weighted by Gasteiger charge is 2.11. The fourth-order valence-electron chi connectivity index (χ4n) is 1.75. The molecule has 6 heteroatoms. The van der Waals surface area contributed by atoms with Gasteiger partial charge in [0, 0.05) is 19.4 Å². The number of halogens is 1. The highest BCUT2D eigenvalue weighted by atomic mass is 32.2. The van der Waals surface area contributed by atoms with Crippen LogP contribution in [0.5, 0.6) is 0 Å². The van der Waals surface area contributed by atoms with Gasteiger partial charge in [0.1, 0.15) is 12.4 Å². The molecule has 0 aliphatic carbocycles. The molecule has 0 atom stereocenters. The zero-order valence-electron chi connectivity index (χ0n) is 11.3. The Balaban J connectivity index is 2.10. The number of benzene rings is 1. The van der Waals surface area contributed by atoms with Crippen molar-refractivity contribution in [1.82, 2.24) is 14.8 Å². The molecule has 0 spiro atoms. The van der Waals surface area contributed by atoms with Crippen molar-refractivity contribution < 1.29 is 9.13 Å². The Kier molecular flexibility index (Phi) is 5.31. The SMILES string of the molecule is C=CCn1c(COC)nnc1SCc1cccc(F)c1.